The summed E-state index contributed by atoms with van der Waals surface area (Å²) in [5.41, 5.74) is 17.7. The summed E-state index contributed by atoms with van der Waals surface area (Å²) >= 11 is 1.86. The quantitative estimate of drug-likeness (QED) is 0.170. The molecule has 18 heteroatoms. The van der Waals surface area contributed by atoms with Crippen LogP contribution in [0, 0.1) is 11.8 Å². The van der Waals surface area contributed by atoms with E-state index in [-0.39, 0.29) is 0 Å². The van der Waals surface area contributed by atoms with Crippen LogP contribution in [0.1, 0.15) is 190 Å². The third-order valence-corrected chi connectivity index (χ3v) is 15.5. The Morgan fingerprint density at radius 2 is 1.20 bits per heavy atom. The molecule has 11 heterocycles. The average molecular weight is 1380 g/mol. The fourth-order valence-electron chi connectivity index (χ4n) is 10.0. The molecule has 0 spiro atoms. The van der Waals surface area contributed by atoms with Gasteiger partial charge in [0, 0.05) is 110 Å². The molecule has 0 aromatic rings. The van der Waals surface area contributed by atoms with Crippen molar-refractivity contribution >= 4 is 53.4 Å². The Hall–Kier alpha value is -8.12. The topological polar surface area (TPSA) is 165 Å². The Balaban J connectivity index is 0.00000105. The van der Waals surface area contributed by atoms with Crippen molar-refractivity contribution in [1.29, 1.82) is 0 Å². The van der Waals surface area contributed by atoms with Gasteiger partial charge in [-0.25, -0.2) is 0 Å². The number of amidine groups is 1. The molecule has 550 valence electrons. The first kappa shape index (κ1) is 90.9. The molecule has 2 atom stereocenters. The van der Waals surface area contributed by atoms with Crippen LogP contribution in [0.4, 0.5) is 0 Å². The van der Waals surface area contributed by atoms with Crippen molar-refractivity contribution in [3.63, 3.8) is 0 Å². The minimum absolute atomic E-state index is 0.750. The van der Waals surface area contributed by atoms with Gasteiger partial charge in [0.1, 0.15) is 6.29 Å². The number of rotatable bonds is 0. The van der Waals surface area contributed by atoms with Crippen molar-refractivity contribution in [3.05, 3.63) is 188 Å². The summed E-state index contributed by atoms with van der Waals surface area (Å²) < 4.78 is 5.21. The maximum absolute atomic E-state index is 8.81. The van der Waals surface area contributed by atoms with E-state index in [2.05, 4.69) is 228 Å². The lowest BCUT2D eigenvalue weighted by Gasteiger charge is -2.22. The van der Waals surface area contributed by atoms with E-state index < -0.39 is 0 Å². The highest BCUT2D eigenvalue weighted by Gasteiger charge is 2.14. The van der Waals surface area contributed by atoms with E-state index in [9.17, 15) is 0 Å². The number of aliphatic imine (C=N–C) groups is 3. The normalized spacial score (nSPS) is 20.1. The SMILES string of the molecule is CC1=CC(C)=NNC1.CC1=CCC=C(C)O1.CC1=CCC=C(C)S1.CC1=CCN=C(C)N1.CC1=CN(C)C=CC1.CC1=CN(C)CC=C1.CC1=CN(C)CC=N1.CC1=CN(C)N=CC1.CC1=CNCC(C)=C1.CC1=CNCC(C)=N1.CC1=NN(C)CC=C1.CC1CCCC(C)C1.CC=O. The number of hydrogen-bond donors (Lipinski definition) is 4. The number of carbonyl (C=O) groups is 1. The second kappa shape index (κ2) is 55.7. The number of allylic oxidation sites excluding steroid dienone is 20. The maximum Gasteiger partial charge on any atom is 0.116 e. The van der Waals surface area contributed by atoms with E-state index in [1.165, 1.54) is 81.6 Å². The molecule has 0 radical (unpaired) electrons. The fourth-order valence-corrected chi connectivity index (χ4v) is 10.9. The standard InChI is InChI=1S/C8H16.3C7H11N.C7H10O.C7H10S.6C6H10N2.C2H4O/c1-7-4-3-5-8(2)6-7;1-6-3-7(2)5-8-4-6;2*1-7-4-3-5-8(2)6-7;2*1-6-4-3-5-7(2)8-6;1-5-3-7-4-6(2)8-5;1-5-3-6(2)8-7-4-5;1-6-5-8(2)4-3-7-6;1-6-3-4-7-8(2)5-6;1-6-4-3-5-8(2)7-6;1-5-3-4-7-6(2)8-5;1-2-3/h7-8H,3-6H2,1-2H3;3-4,8H,5H2,1-2H3;3,5-6H,4H2,1-2H3;3-4,6H,5H2,1-2H3;2*4-5H,3H2,1-2H3;2*3,7H,4H2,1-2H3;3,5H,4H2,1-2H3;4-5H,3H2,1-2H3;3-4H,5H2,1-2H3;3H,4H2,1-2H3,(H,7,8);2H,1H3. The number of hydrogen-bond acceptors (Lipinski definition) is 18. The average Bonchev–Trinajstić information content (AvgIpc) is 3.51. The molecule has 0 aromatic carbocycles. The van der Waals surface area contributed by atoms with Crippen LogP contribution in [0.2, 0.25) is 0 Å². The van der Waals surface area contributed by atoms with E-state index in [0.29, 0.717) is 0 Å². The first-order valence-electron chi connectivity index (χ1n) is 35.1. The van der Waals surface area contributed by atoms with Gasteiger partial charge in [0.2, 0.25) is 0 Å². The summed E-state index contributed by atoms with van der Waals surface area (Å²) in [6.45, 7) is 47.6. The van der Waals surface area contributed by atoms with E-state index in [4.69, 9.17) is 9.53 Å². The predicted octanol–water partition coefficient (Wildman–Crippen LogP) is 18.4. The van der Waals surface area contributed by atoms with Gasteiger partial charge in [0.25, 0.3) is 0 Å². The van der Waals surface area contributed by atoms with Gasteiger partial charge < -0.3 is 45.6 Å². The molecule has 12 aliphatic rings. The minimum atomic E-state index is 0.750. The molecular formula is C81H133N15O2S. The fraction of sp³-hybridized carbons (Fsp3) is 0.519. The van der Waals surface area contributed by atoms with Crippen molar-refractivity contribution < 1.29 is 9.53 Å². The minimum Gasteiger partial charge on any atom is -0.467 e. The monoisotopic (exact) mass is 1380 g/mol. The second-order valence-electron chi connectivity index (χ2n) is 26.3. The van der Waals surface area contributed by atoms with Crippen molar-refractivity contribution in [1.82, 2.24) is 46.1 Å². The summed E-state index contributed by atoms with van der Waals surface area (Å²) in [5.74, 6) is 5.08. The molecule has 12 rings (SSSR count). The Bertz CT molecular complexity index is 2780. The number of hydrazone groups is 3. The van der Waals surface area contributed by atoms with Crippen LogP contribution in [0.5, 0.6) is 0 Å². The van der Waals surface area contributed by atoms with Crippen molar-refractivity contribution in [3.8, 4) is 0 Å². The van der Waals surface area contributed by atoms with Crippen molar-refractivity contribution in [2.45, 2.75) is 190 Å². The number of carbonyl (C=O) groups excluding carboxylic acids is 1. The number of nitrogens with one attached hydrogen (secondary N) is 4. The van der Waals surface area contributed by atoms with Gasteiger partial charge in [-0.3, -0.25) is 25.0 Å². The lowest BCUT2D eigenvalue weighted by Crippen LogP contribution is -2.21. The van der Waals surface area contributed by atoms with E-state index in [1.807, 2.05) is 156 Å². The number of dihydropyridines is 1. The number of ether oxygens (including phenoxy) is 1. The van der Waals surface area contributed by atoms with Gasteiger partial charge in [-0.2, -0.15) is 15.3 Å². The molecular weight excluding hydrogens is 1250 g/mol. The Morgan fingerprint density at radius 3 is 1.54 bits per heavy atom. The zero-order valence-corrected chi connectivity index (χ0v) is 66.9. The molecule has 1 fully saturated rings. The lowest BCUT2D eigenvalue weighted by molar-refractivity contribution is -0.106. The van der Waals surface area contributed by atoms with E-state index in [1.54, 1.807) is 0 Å². The van der Waals surface area contributed by atoms with Gasteiger partial charge >= 0.3 is 0 Å². The van der Waals surface area contributed by atoms with Gasteiger partial charge in [-0.1, -0.05) is 97.9 Å². The first-order valence-corrected chi connectivity index (χ1v) is 35.9. The molecule has 0 saturated heterocycles. The third kappa shape index (κ3) is 55.5. The first-order chi connectivity index (χ1) is 46.9. The summed E-state index contributed by atoms with van der Waals surface area (Å²) in [5, 5.41) is 25.2. The molecule has 17 nitrogen and oxygen atoms in total. The van der Waals surface area contributed by atoms with Crippen LogP contribution < -0.4 is 21.4 Å². The highest BCUT2D eigenvalue weighted by atomic mass is 32.2. The Kier molecular flexibility index (Phi) is 51.2. The summed E-state index contributed by atoms with van der Waals surface area (Å²) in [6, 6.07) is 0. The molecule has 11 aliphatic heterocycles. The lowest BCUT2D eigenvalue weighted by atomic mass is 9.84. The van der Waals surface area contributed by atoms with E-state index >= 15 is 0 Å². The van der Waals surface area contributed by atoms with Gasteiger partial charge in [0.15, 0.2) is 0 Å². The highest BCUT2D eigenvalue weighted by Crippen LogP contribution is 2.29. The van der Waals surface area contributed by atoms with Crippen LogP contribution in [0.25, 0.3) is 0 Å². The molecule has 0 amide bonds. The van der Waals surface area contributed by atoms with Gasteiger partial charge in [-0.05, 0) is 226 Å². The Labute approximate surface area is 607 Å². The van der Waals surface area contributed by atoms with E-state index in [0.717, 1.165) is 136 Å². The number of likely N-dealkylation sites (N-methyl/N-ethyl adjacent to an activating group) is 2. The molecule has 2 unspecified atom stereocenters. The van der Waals surface area contributed by atoms with Gasteiger partial charge in [-0.15, -0.1) is 11.8 Å². The number of aldehydes is 1. The molecule has 1 aliphatic carbocycles. The second-order valence-corrected chi connectivity index (χ2v) is 27.8. The van der Waals surface area contributed by atoms with Crippen molar-refractivity contribution in [2.75, 3.05) is 81.1 Å². The molecule has 4 N–H and O–H groups in total. The summed E-state index contributed by atoms with van der Waals surface area (Å²) in [4.78, 5) is 30.4. The van der Waals surface area contributed by atoms with Crippen LogP contribution >= 0.6 is 11.8 Å². The summed E-state index contributed by atoms with van der Waals surface area (Å²) in [7, 11) is 10.0. The van der Waals surface area contributed by atoms with Crippen LogP contribution in [-0.4, -0.2) is 147 Å². The maximum atomic E-state index is 8.81. The predicted molar refractivity (Wildman–Crippen MR) is 437 cm³/mol. The molecule has 1 saturated carbocycles. The molecule has 0 aromatic heterocycles. The van der Waals surface area contributed by atoms with Crippen LogP contribution in [-0.2, 0) is 9.53 Å². The Morgan fingerprint density at radius 1 is 0.596 bits per heavy atom. The summed E-state index contributed by atoms with van der Waals surface area (Å²) in [6.07, 6.45) is 54.7. The third-order valence-electron chi connectivity index (χ3n) is 14.5. The molecule has 0 bridgehead atoms. The highest BCUT2D eigenvalue weighted by molar-refractivity contribution is 8.06. The van der Waals surface area contributed by atoms with Crippen molar-refractivity contribution in [2.24, 2.45) is 42.1 Å². The largest absolute Gasteiger partial charge is 0.467 e. The van der Waals surface area contributed by atoms with Gasteiger partial charge in [0.05, 0.1) is 72.9 Å². The zero-order valence-electron chi connectivity index (χ0n) is 66.1. The van der Waals surface area contributed by atoms with Crippen LogP contribution in [0.15, 0.2) is 218 Å². The smallest absolute Gasteiger partial charge is 0.116 e. The van der Waals surface area contributed by atoms with Crippen LogP contribution in [0.3, 0.4) is 0 Å². The zero-order chi connectivity index (χ0) is 74.5. The number of nitrogens with zero attached hydrogens (tertiary/aromatic N) is 11. The molecule has 99 heavy (non-hydrogen) atoms. The number of thioether (sulfide) groups is 1.